The minimum atomic E-state index is 0.0886. The third-order valence-corrected chi connectivity index (χ3v) is 4.10. The molecule has 0 aromatic heterocycles. The summed E-state index contributed by atoms with van der Waals surface area (Å²) in [6.07, 6.45) is 8.69. The van der Waals surface area contributed by atoms with Crippen molar-refractivity contribution in [2.45, 2.75) is 71.8 Å². The largest absolute Gasteiger partial charge is 0.349 e. The van der Waals surface area contributed by atoms with Crippen molar-refractivity contribution in [2.75, 3.05) is 0 Å². The molecule has 0 aliphatic heterocycles. The highest BCUT2D eigenvalue weighted by Gasteiger charge is 2.15. The summed E-state index contributed by atoms with van der Waals surface area (Å²) >= 11 is 0. The van der Waals surface area contributed by atoms with E-state index in [1.165, 1.54) is 32.1 Å². The number of rotatable bonds is 10. The molecule has 1 aromatic carbocycles. The van der Waals surface area contributed by atoms with Crippen LogP contribution in [0.25, 0.3) is 0 Å². The molecule has 1 rings (SSSR count). The van der Waals surface area contributed by atoms with Crippen molar-refractivity contribution >= 4 is 5.91 Å². The number of nitrogens with one attached hydrogen (secondary N) is 1. The Morgan fingerprint density at radius 2 is 1.62 bits per heavy atom. The third-order valence-electron chi connectivity index (χ3n) is 4.10. The molecular weight excluding hydrogens is 258 g/mol. The van der Waals surface area contributed by atoms with E-state index >= 15 is 0 Å². The zero-order valence-electron chi connectivity index (χ0n) is 13.9. The van der Waals surface area contributed by atoms with Crippen molar-refractivity contribution in [1.29, 1.82) is 0 Å². The molecule has 1 amide bonds. The van der Waals surface area contributed by atoms with E-state index in [9.17, 15) is 4.79 Å². The predicted molar refractivity (Wildman–Crippen MR) is 90.2 cm³/mol. The van der Waals surface area contributed by atoms with E-state index in [4.69, 9.17) is 0 Å². The van der Waals surface area contributed by atoms with E-state index in [0.717, 1.165) is 18.4 Å². The number of hydrogen-bond donors (Lipinski definition) is 1. The summed E-state index contributed by atoms with van der Waals surface area (Å²) in [4.78, 5) is 12.2. The summed E-state index contributed by atoms with van der Waals surface area (Å²) in [5.41, 5.74) is 1.16. The van der Waals surface area contributed by atoms with Crippen LogP contribution in [0.4, 0.5) is 0 Å². The van der Waals surface area contributed by atoms with E-state index < -0.39 is 0 Å². The molecule has 21 heavy (non-hydrogen) atoms. The lowest BCUT2D eigenvalue weighted by Crippen LogP contribution is -2.31. The topological polar surface area (TPSA) is 29.1 Å². The predicted octanol–water partition coefficient (Wildman–Crippen LogP) is 5.25. The number of amides is 1. The SMILES string of the molecule is CCCCCCCC[C@H](C)C(=O)N[C@@H](C)c1ccccc1. The van der Waals surface area contributed by atoms with Gasteiger partial charge in [0.05, 0.1) is 6.04 Å². The first kappa shape index (κ1) is 17.7. The maximum absolute atomic E-state index is 12.2. The van der Waals surface area contributed by atoms with Crippen molar-refractivity contribution in [1.82, 2.24) is 5.32 Å². The molecule has 2 heteroatoms. The molecular formula is C19H31NO. The molecule has 1 aromatic rings. The number of unbranched alkanes of at least 4 members (excludes halogenated alkanes) is 5. The minimum absolute atomic E-state index is 0.0886. The van der Waals surface area contributed by atoms with Gasteiger partial charge in [-0.25, -0.2) is 0 Å². The summed E-state index contributed by atoms with van der Waals surface area (Å²) in [7, 11) is 0. The van der Waals surface area contributed by atoms with Gasteiger partial charge in [0.2, 0.25) is 5.91 Å². The highest BCUT2D eigenvalue weighted by Crippen LogP contribution is 2.15. The van der Waals surface area contributed by atoms with Gasteiger partial charge < -0.3 is 5.32 Å². The maximum atomic E-state index is 12.2. The van der Waals surface area contributed by atoms with Crippen LogP contribution < -0.4 is 5.32 Å². The van der Waals surface area contributed by atoms with Gasteiger partial charge >= 0.3 is 0 Å². The first-order valence-corrected chi connectivity index (χ1v) is 8.50. The van der Waals surface area contributed by atoms with Crippen molar-refractivity contribution in [3.05, 3.63) is 35.9 Å². The molecule has 2 atom stereocenters. The van der Waals surface area contributed by atoms with E-state index in [0.29, 0.717) is 0 Å². The smallest absolute Gasteiger partial charge is 0.223 e. The average Bonchev–Trinajstić information content (AvgIpc) is 2.51. The molecule has 0 aliphatic carbocycles. The number of carbonyl (C=O) groups excluding carboxylic acids is 1. The van der Waals surface area contributed by atoms with Crippen molar-refractivity contribution in [3.63, 3.8) is 0 Å². The Bertz CT molecular complexity index is 388. The summed E-state index contributed by atoms with van der Waals surface area (Å²) in [6, 6.07) is 10.2. The van der Waals surface area contributed by atoms with Crippen molar-refractivity contribution in [3.8, 4) is 0 Å². The average molecular weight is 289 g/mol. The molecule has 0 bridgehead atoms. The van der Waals surface area contributed by atoms with E-state index in [2.05, 4.69) is 24.4 Å². The summed E-state index contributed by atoms with van der Waals surface area (Å²) in [6.45, 7) is 6.32. The number of hydrogen-bond acceptors (Lipinski definition) is 1. The lowest BCUT2D eigenvalue weighted by atomic mass is 10.00. The van der Waals surface area contributed by atoms with Gasteiger partial charge in [0.25, 0.3) is 0 Å². The van der Waals surface area contributed by atoms with Crippen LogP contribution in [0.5, 0.6) is 0 Å². The van der Waals surface area contributed by atoms with Crippen LogP contribution >= 0.6 is 0 Å². The Morgan fingerprint density at radius 1 is 1.00 bits per heavy atom. The van der Waals surface area contributed by atoms with Crippen molar-refractivity contribution < 1.29 is 4.79 Å². The Kier molecular flexibility index (Phi) is 8.80. The lowest BCUT2D eigenvalue weighted by Gasteiger charge is -2.18. The van der Waals surface area contributed by atoms with Crippen LogP contribution in [0.3, 0.4) is 0 Å². The fourth-order valence-electron chi connectivity index (χ4n) is 2.54. The molecule has 0 heterocycles. The fraction of sp³-hybridized carbons (Fsp3) is 0.632. The Hall–Kier alpha value is -1.31. The Balaban J connectivity index is 2.22. The molecule has 0 saturated heterocycles. The van der Waals surface area contributed by atoms with Crippen LogP contribution in [0.15, 0.2) is 30.3 Å². The molecule has 118 valence electrons. The molecule has 0 radical (unpaired) electrons. The second-order valence-corrected chi connectivity index (χ2v) is 6.10. The zero-order chi connectivity index (χ0) is 15.5. The summed E-state index contributed by atoms with van der Waals surface area (Å²) in [5.74, 6) is 0.294. The van der Waals surface area contributed by atoms with Gasteiger partial charge in [-0.2, -0.15) is 0 Å². The Morgan fingerprint density at radius 3 is 2.29 bits per heavy atom. The van der Waals surface area contributed by atoms with Crippen LogP contribution in [0.1, 0.15) is 77.3 Å². The first-order valence-electron chi connectivity index (χ1n) is 8.50. The normalized spacial score (nSPS) is 13.7. The van der Waals surface area contributed by atoms with Gasteiger partial charge in [0, 0.05) is 5.92 Å². The van der Waals surface area contributed by atoms with Crippen LogP contribution in [-0.4, -0.2) is 5.91 Å². The molecule has 0 saturated carbocycles. The van der Waals surface area contributed by atoms with Gasteiger partial charge in [0.15, 0.2) is 0 Å². The molecule has 0 unspecified atom stereocenters. The van der Waals surface area contributed by atoms with Gasteiger partial charge in [-0.15, -0.1) is 0 Å². The third kappa shape index (κ3) is 7.31. The molecule has 0 aliphatic rings. The van der Waals surface area contributed by atoms with E-state index in [-0.39, 0.29) is 17.9 Å². The highest BCUT2D eigenvalue weighted by molar-refractivity contribution is 5.78. The van der Waals surface area contributed by atoms with E-state index in [1.807, 2.05) is 32.0 Å². The maximum Gasteiger partial charge on any atom is 0.223 e. The van der Waals surface area contributed by atoms with Crippen LogP contribution in [0.2, 0.25) is 0 Å². The molecule has 1 N–H and O–H groups in total. The summed E-state index contributed by atoms with van der Waals surface area (Å²) in [5, 5.41) is 3.12. The molecule has 0 spiro atoms. The number of benzene rings is 1. The monoisotopic (exact) mass is 289 g/mol. The lowest BCUT2D eigenvalue weighted by molar-refractivity contribution is -0.125. The molecule has 0 fully saturated rings. The molecule has 2 nitrogen and oxygen atoms in total. The van der Waals surface area contributed by atoms with Crippen LogP contribution in [0, 0.1) is 5.92 Å². The van der Waals surface area contributed by atoms with E-state index in [1.54, 1.807) is 0 Å². The quantitative estimate of drug-likeness (QED) is 0.585. The van der Waals surface area contributed by atoms with Gasteiger partial charge in [-0.1, -0.05) is 82.7 Å². The van der Waals surface area contributed by atoms with Gasteiger partial charge in [-0.05, 0) is 18.9 Å². The standard InChI is InChI=1S/C19H31NO/c1-4-5-6-7-8-10-13-16(2)19(21)20-17(3)18-14-11-9-12-15-18/h9,11-12,14-17H,4-8,10,13H2,1-3H3,(H,20,21)/t16-,17-/m0/s1. The second-order valence-electron chi connectivity index (χ2n) is 6.10. The second kappa shape index (κ2) is 10.4. The Labute approximate surface area is 130 Å². The zero-order valence-corrected chi connectivity index (χ0v) is 13.9. The fourth-order valence-corrected chi connectivity index (χ4v) is 2.54. The van der Waals surface area contributed by atoms with Crippen molar-refractivity contribution in [2.24, 2.45) is 5.92 Å². The van der Waals surface area contributed by atoms with Crippen LogP contribution in [-0.2, 0) is 4.79 Å². The summed E-state index contributed by atoms with van der Waals surface area (Å²) < 4.78 is 0. The highest BCUT2D eigenvalue weighted by atomic mass is 16.1. The number of carbonyl (C=O) groups is 1. The van der Waals surface area contributed by atoms with Gasteiger partial charge in [-0.3, -0.25) is 4.79 Å². The minimum Gasteiger partial charge on any atom is -0.349 e. The van der Waals surface area contributed by atoms with Gasteiger partial charge in [0.1, 0.15) is 0 Å². The first-order chi connectivity index (χ1) is 10.1.